The standard InChI is InChI=1S/C14H29N3O.HI/c1-4-6-11-17(3)13(15-5-2)16-12-14(18)9-7-8-10-14;/h18H,4-12H2,1-3H3,(H,15,16);1H. The summed E-state index contributed by atoms with van der Waals surface area (Å²) >= 11 is 0. The van der Waals surface area contributed by atoms with E-state index in [-0.39, 0.29) is 24.0 Å². The highest BCUT2D eigenvalue weighted by atomic mass is 127. The van der Waals surface area contributed by atoms with Gasteiger partial charge in [-0.3, -0.25) is 4.99 Å². The second kappa shape index (κ2) is 9.80. The fourth-order valence-electron chi connectivity index (χ4n) is 2.38. The summed E-state index contributed by atoms with van der Waals surface area (Å²) in [6.45, 7) is 6.69. The molecule has 0 radical (unpaired) electrons. The predicted molar refractivity (Wildman–Crippen MR) is 92.3 cm³/mol. The normalized spacial score (nSPS) is 18.0. The van der Waals surface area contributed by atoms with E-state index in [1.165, 1.54) is 12.8 Å². The molecule has 114 valence electrons. The van der Waals surface area contributed by atoms with E-state index in [4.69, 9.17) is 0 Å². The summed E-state index contributed by atoms with van der Waals surface area (Å²) in [6.07, 6.45) is 6.42. The molecular weight excluding hydrogens is 353 g/mol. The summed E-state index contributed by atoms with van der Waals surface area (Å²) < 4.78 is 0. The lowest BCUT2D eigenvalue weighted by Gasteiger charge is -2.24. The molecule has 1 fully saturated rings. The molecule has 0 aromatic heterocycles. The molecule has 19 heavy (non-hydrogen) atoms. The van der Waals surface area contributed by atoms with Gasteiger partial charge in [0, 0.05) is 20.1 Å². The molecule has 0 aliphatic heterocycles. The summed E-state index contributed by atoms with van der Waals surface area (Å²) in [5, 5.41) is 13.6. The third-order valence-corrected chi connectivity index (χ3v) is 3.60. The number of halogens is 1. The van der Waals surface area contributed by atoms with Crippen LogP contribution in [0, 0.1) is 0 Å². The van der Waals surface area contributed by atoms with Gasteiger partial charge in [-0.1, -0.05) is 26.2 Å². The number of unbranched alkanes of at least 4 members (excludes halogenated alkanes) is 1. The molecule has 1 saturated carbocycles. The number of aliphatic hydroxyl groups is 1. The van der Waals surface area contributed by atoms with E-state index in [2.05, 4.69) is 36.1 Å². The van der Waals surface area contributed by atoms with E-state index in [0.29, 0.717) is 6.54 Å². The van der Waals surface area contributed by atoms with Crippen LogP contribution in [-0.4, -0.2) is 48.2 Å². The summed E-state index contributed by atoms with van der Waals surface area (Å²) in [6, 6.07) is 0. The number of hydrogen-bond acceptors (Lipinski definition) is 2. The minimum atomic E-state index is -0.549. The summed E-state index contributed by atoms with van der Waals surface area (Å²) in [5.41, 5.74) is -0.549. The van der Waals surface area contributed by atoms with Crippen molar-refractivity contribution < 1.29 is 5.11 Å². The lowest BCUT2D eigenvalue weighted by atomic mass is 10.0. The van der Waals surface area contributed by atoms with Crippen molar-refractivity contribution >= 4 is 29.9 Å². The molecule has 1 aliphatic carbocycles. The van der Waals surface area contributed by atoms with E-state index in [1.807, 2.05) is 0 Å². The molecular formula is C14H30IN3O. The average Bonchev–Trinajstić information content (AvgIpc) is 2.79. The van der Waals surface area contributed by atoms with Crippen LogP contribution in [-0.2, 0) is 0 Å². The SMILES string of the molecule is CCCCN(C)C(=NCC1(O)CCCC1)NCC.I. The molecule has 0 heterocycles. The molecule has 0 spiro atoms. The van der Waals surface area contributed by atoms with Crippen LogP contribution in [0.2, 0.25) is 0 Å². The van der Waals surface area contributed by atoms with Crippen molar-refractivity contribution in [1.29, 1.82) is 0 Å². The van der Waals surface area contributed by atoms with Crippen LogP contribution >= 0.6 is 24.0 Å². The molecule has 4 nitrogen and oxygen atoms in total. The lowest BCUT2D eigenvalue weighted by Crippen LogP contribution is -2.41. The monoisotopic (exact) mass is 383 g/mol. The van der Waals surface area contributed by atoms with Crippen LogP contribution in [0.4, 0.5) is 0 Å². The van der Waals surface area contributed by atoms with Crippen molar-refractivity contribution in [2.24, 2.45) is 4.99 Å². The molecule has 2 N–H and O–H groups in total. The van der Waals surface area contributed by atoms with Gasteiger partial charge in [0.1, 0.15) is 0 Å². The molecule has 0 unspecified atom stereocenters. The first-order chi connectivity index (χ1) is 8.61. The Hall–Kier alpha value is -0.0400. The van der Waals surface area contributed by atoms with E-state index in [9.17, 15) is 5.11 Å². The second-order valence-corrected chi connectivity index (χ2v) is 5.38. The molecule has 0 saturated heterocycles. The Kier molecular flexibility index (Phi) is 9.78. The van der Waals surface area contributed by atoms with E-state index in [1.54, 1.807) is 0 Å². The van der Waals surface area contributed by atoms with Crippen LogP contribution in [0.3, 0.4) is 0 Å². The van der Waals surface area contributed by atoms with Gasteiger partial charge >= 0.3 is 0 Å². The van der Waals surface area contributed by atoms with Crippen LogP contribution in [0.1, 0.15) is 52.4 Å². The second-order valence-electron chi connectivity index (χ2n) is 5.38. The third-order valence-electron chi connectivity index (χ3n) is 3.60. The number of nitrogens with zero attached hydrogens (tertiary/aromatic N) is 2. The number of hydrogen-bond donors (Lipinski definition) is 2. The average molecular weight is 383 g/mol. The Labute approximate surface area is 135 Å². The zero-order chi connectivity index (χ0) is 13.4. The smallest absolute Gasteiger partial charge is 0.193 e. The lowest BCUT2D eigenvalue weighted by molar-refractivity contribution is 0.0572. The van der Waals surface area contributed by atoms with Gasteiger partial charge in [0.25, 0.3) is 0 Å². The van der Waals surface area contributed by atoms with Gasteiger partial charge < -0.3 is 15.3 Å². The minimum absolute atomic E-state index is 0. The highest BCUT2D eigenvalue weighted by Gasteiger charge is 2.30. The highest BCUT2D eigenvalue weighted by molar-refractivity contribution is 14.0. The largest absolute Gasteiger partial charge is 0.388 e. The Balaban J connectivity index is 0.00000324. The number of rotatable bonds is 6. The Morgan fingerprint density at radius 2 is 1.95 bits per heavy atom. The number of nitrogens with one attached hydrogen (secondary N) is 1. The minimum Gasteiger partial charge on any atom is -0.388 e. The molecule has 0 atom stereocenters. The van der Waals surface area contributed by atoms with Gasteiger partial charge in [-0.25, -0.2) is 0 Å². The topological polar surface area (TPSA) is 47.9 Å². The predicted octanol–water partition coefficient (Wildman–Crippen LogP) is 2.61. The van der Waals surface area contributed by atoms with Gasteiger partial charge in [0.05, 0.1) is 12.1 Å². The van der Waals surface area contributed by atoms with Gasteiger partial charge in [0.2, 0.25) is 0 Å². The first-order valence-corrected chi connectivity index (χ1v) is 7.33. The first kappa shape index (κ1) is 19.0. The van der Waals surface area contributed by atoms with E-state index in [0.717, 1.165) is 44.7 Å². The third kappa shape index (κ3) is 6.79. The maximum atomic E-state index is 10.3. The zero-order valence-electron chi connectivity index (χ0n) is 12.6. The van der Waals surface area contributed by atoms with Crippen molar-refractivity contribution in [1.82, 2.24) is 10.2 Å². The summed E-state index contributed by atoms with van der Waals surface area (Å²) in [4.78, 5) is 6.76. The van der Waals surface area contributed by atoms with Crippen LogP contribution < -0.4 is 5.32 Å². The van der Waals surface area contributed by atoms with Crippen LogP contribution in [0.25, 0.3) is 0 Å². The molecule has 0 bridgehead atoms. The van der Waals surface area contributed by atoms with Crippen molar-refractivity contribution in [3.63, 3.8) is 0 Å². The maximum Gasteiger partial charge on any atom is 0.193 e. The highest BCUT2D eigenvalue weighted by Crippen LogP contribution is 2.29. The Bertz CT molecular complexity index is 265. The van der Waals surface area contributed by atoms with Gasteiger partial charge in [0.15, 0.2) is 5.96 Å². The van der Waals surface area contributed by atoms with Crippen molar-refractivity contribution in [2.75, 3.05) is 26.7 Å². The van der Waals surface area contributed by atoms with Crippen molar-refractivity contribution in [2.45, 2.75) is 58.0 Å². The number of guanidine groups is 1. The molecule has 0 aromatic carbocycles. The molecule has 1 rings (SSSR count). The summed E-state index contributed by atoms with van der Waals surface area (Å²) in [5.74, 6) is 0.922. The van der Waals surface area contributed by atoms with E-state index >= 15 is 0 Å². The van der Waals surface area contributed by atoms with Gasteiger partial charge in [-0.15, -0.1) is 24.0 Å². The van der Waals surface area contributed by atoms with Crippen molar-refractivity contribution in [3.8, 4) is 0 Å². The van der Waals surface area contributed by atoms with Crippen LogP contribution in [0.5, 0.6) is 0 Å². The maximum absolute atomic E-state index is 10.3. The molecule has 0 aromatic rings. The van der Waals surface area contributed by atoms with Gasteiger partial charge in [-0.2, -0.15) is 0 Å². The quantitative estimate of drug-likeness (QED) is 0.421. The van der Waals surface area contributed by atoms with E-state index < -0.39 is 5.60 Å². The van der Waals surface area contributed by atoms with Gasteiger partial charge in [-0.05, 0) is 26.2 Å². The van der Waals surface area contributed by atoms with Crippen LogP contribution in [0.15, 0.2) is 4.99 Å². The fourth-order valence-corrected chi connectivity index (χ4v) is 2.38. The molecule has 0 amide bonds. The summed E-state index contributed by atoms with van der Waals surface area (Å²) in [7, 11) is 2.07. The Morgan fingerprint density at radius 3 is 2.47 bits per heavy atom. The molecule has 5 heteroatoms. The molecule has 1 aliphatic rings. The Morgan fingerprint density at radius 1 is 1.32 bits per heavy atom. The van der Waals surface area contributed by atoms with Crippen molar-refractivity contribution in [3.05, 3.63) is 0 Å². The fraction of sp³-hybridized carbons (Fsp3) is 0.929. The zero-order valence-corrected chi connectivity index (χ0v) is 14.9. The first-order valence-electron chi connectivity index (χ1n) is 7.33. The number of aliphatic imine (C=N–C) groups is 1.